The Morgan fingerprint density at radius 3 is 2.21 bits per heavy atom. The highest BCUT2D eigenvalue weighted by molar-refractivity contribution is 7.90. The molecular weight excluding hydrogens is 501 g/mol. The Labute approximate surface area is 222 Å². The lowest BCUT2D eigenvalue weighted by atomic mass is 9.80. The summed E-state index contributed by atoms with van der Waals surface area (Å²) in [4.78, 5) is 7.39. The topological polar surface area (TPSA) is 75.4 Å². The minimum absolute atomic E-state index is 0.281. The number of piperidine rings is 1. The van der Waals surface area contributed by atoms with Gasteiger partial charge in [-0.25, -0.2) is 12.8 Å². The van der Waals surface area contributed by atoms with E-state index in [9.17, 15) is 13.5 Å². The van der Waals surface area contributed by atoms with E-state index in [4.69, 9.17) is 4.98 Å². The fraction of sp³-hybridized carbons (Fsp3) is 0.367. The second-order valence-corrected chi connectivity index (χ2v) is 13.1. The van der Waals surface area contributed by atoms with E-state index in [0.717, 1.165) is 40.7 Å². The van der Waals surface area contributed by atoms with Crippen molar-refractivity contribution in [1.29, 1.82) is 0 Å². The predicted molar refractivity (Wildman–Crippen MR) is 147 cm³/mol. The zero-order valence-electron chi connectivity index (χ0n) is 22.1. The van der Waals surface area contributed by atoms with Gasteiger partial charge >= 0.3 is 0 Å². The van der Waals surface area contributed by atoms with Crippen molar-refractivity contribution >= 4 is 20.7 Å². The van der Waals surface area contributed by atoms with Gasteiger partial charge in [-0.15, -0.1) is 0 Å². The molecule has 2 saturated heterocycles. The Morgan fingerprint density at radius 2 is 1.61 bits per heavy atom. The summed E-state index contributed by atoms with van der Waals surface area (Å²) in [6, 6.07) is 16.5. The molecule has 0 amide bonds. The van der Waals surface area contributed by atoms with Crippen molar-refractivity contribution in [3.63, 3.8) is 0 Å². The molecule has 6 rings (SSSR count). The summed E-state index contributed by atoms with van der Waals surface area (Å²) in [5, 5.41) is 12.4. The number of aryl methyl sites for hydroxylation is 2. The Balaban J connectivity index is 1.36. The first-order valence-electron chi connectivity index (χ1n) is 13.0. The fourth-order valence-corrected chi connectivity index (χ4v) is 7.13. The number of rotatable bonds is 4. The number of aromatic nitrogens is 2. The lowest BCUT2D eigenvalue weighted by Crippen LogP contribution is -2.48. The van der Waals surface area contributed by atoms with E-state index < -0.39 is 21.3 Å². The highest BCUT2D eigenvalue weighted by Crippen LogP contribution is 2.46. The Morgan fingerprint density at radius 1 is 0.974 bits per heavy atom. The molecule has 2 bridgehead atoms. The van der Waals surface area contributed by atoms with Crippen molar-refractivity contribution in [2.45, 2.75) is 55.2 Å². The van der Waals surface area contributed by atoms with Gasteiger partial charge in [-0.3, -0.25) is 4.98 Å². The summed E-state index contributed by atoms with van der Waals surface area (Å²) in [6.45, 7) is 1.93. The molecule has 0 saturated carbocycles. The van der Waals surface area contributed by atoms with Crippen molar-refractivity contribution < 1.29 is 17.9 Å². The van der Waals surface area contributed by atoms with E-state index in [0.29, 0.717) is 41.7 Å². The average molecular weight is 534 g/mol. The summed E-state index contributed by atoms with van der Waals surface area (Å²) in [7, 11) is 0.792. The molecule has 8 heteroatoms. The summed E-state index contributed by atoms with van der Waals surface area (Å²) >= 11 is 0. The van der Waals surface area contributed by atoms with Gasteiger partial charge in [-0.05, 0) is 75.5 Å². The van der Waals surface area contributed by atoms with Crippen LogP contribution in [0.5, 0.6) is 0 Å². The van der Waals surface area contributed by atoms with Crippen molar-refractivity contribution in [2.24, 2.45) is 7.05 Å². The zero-order chi connectivity index (χ0) is 27.0. The van der Waals surface area contributed by atoms with E-state index >= 15 is 4.39 Å². The summed E-state index contributed by atoms with van der Waals surface area (Å²) < 4.78 is 41.3. The van der Waals surface area contributed by atoms with Gasteiger partial charge < -0.3 is 14.6 Å². The van der Waals surface area contributed by atoms with Gasteiger partial charge in [-0.1, -0.05) is 24.3 Å². The smallest absolute Gasteiger partial charge is 0.175 e. The SMILES string of the molecule is Cc1nc(-c2ccc(C3(O)CC4CCC(C3)N4C)c(F)c2)cc2c1cc(-c1ccc(S(C)(=O)=O)cc1)n2C. The van der Waals surface area contributed by atoms with Crippen LogP contribution in [-0.2, 0) is 22.5 Å². The van der Waals surface area contributed by atoms with E-state index in [-0.39, 0.29) is 4.90 Å². The minimum Gasteiger partial charge on any atom is -0.385 e. The predicted octanol–water partition coefficient (Wildman–Crippen LogP) is 5.20. The second kappa shape index (κ2) is 8.73. The van der Waals surface area contributed by atoms with Crippen molar-refractivity contribution in [1.82, 2.24) is 14.5 Å². The highest BCUT2D eigenvalue weighted by atomic mass is 32.2. The van der Waals surface area contributed by atoms with Crippen LogP contribution in [0, 0.1) is 12.7 Å². The lowest BCUT2D eigenvalue weighted by Gasteiger charge is -2.42. The maximum Gasteiger partial charge on any atom is 0.175 e. The normalized spacial score (nSPS) is 23.8. The molecule has 1 N–H and O–H groups in total. The molecule has 2 aromatic carbocycles. The summed E-state index contributed by atoms with van der Waals surface area (Å²) in [6.07, 6.45) is 4.40. The molecule has 0 aliphatic carbocycles. The maximum absolute atomic E-state index is 15.5. The third kappa shape index (κ3) is 4.06. The number of fused-ring (bicyclic) bond motifs is 3. The molecule has 2 aromatic heterocycles. The molecule has 4 heterocycles. The van der Waals surface area contributed by atoms with Crippen molar-refractivity contribution in [3.8, 4) is 22.5 Å². The molecule has 0 radical (unpaired) electrons. The van der Waals surface area contributed by atoms with Crippen LogP contribution >= 0.6 is 0 Å². The number of aliphatic hydroxyl groups is 1. The number of sulfone groups is 1. The van der Waals surface area contributed by atoms with Crippen molar-refractivity contribution in [3.05, 3.63) is 71.7 Å². The molecule has 2 atom stereocenters. The fourth-order valence-electron chi connectivity index (χ4n) is 6.50. The molecule has 2 unspecified atom stereocenters. The van der Waals surface area contributed by atoms with Crippen LogP contribution in [0.2, 0.25) is 0 Å². The van der Waals surface area contributed by atoms with Gasteiger partial charge in [0.25, 0.3) is 0 Å². The third-order valence-electron chi connectivity index (χ3n) is 8.71. The molecule has 2 fully saturated rings. The van der Waals surface area contributed by atoms with Crippen LogP contribution in [-0.4, -0.2) is 53.4 Å². The summed E-state index contributed by atoms with van der Waals surface area (Å²) in [5.74, 6) is -0.396. The number of hydrogen-bond donors (Lipinski definition) is 1. The minimum atomic E-state index is -3.27. The Hall–Kier alpha value is -3.07. The maximum atomic E-state index is 15.5. The van der Waals surface area contributed by atoms with Gasteiger partial charge in [0.15, 0.2) is 9.84 Å². The first-order chi connectivity index (χ1) is 17.9. The first kappa shape index (κ1) is 25.2. The average Bonchev–Trinajstić information content (AvgIpc) is 3.30. The largest absolute Gasteiger partial charge is 0.385 e. The van der Waals surface area contributed by atoms with Crippen LogP contribution in [0.25, 0.3) is 33.4 Å². The first-order valence-corrected chi connectivity index (χ1v) is 14.9. The number of hydrogen-bond acceptors (Lipinski definition) is 5. The Kier molecular flexibility index (Phi) is 5.79. The van der Waals surface area contributed by atoms with E-state index in [1.807, 2.05) is 48.9 Å². The number of benzene rings is 2. The standard InChI is InChI=1S/C30H32FN3O3S/c1-18-24-14-28(19-5-10-23(11-6-19)38(4,36)37)34(3)29(24)15-27(32-18)20-7-12-25(26(31)13-20)30(35)16-21-8-9-22(17-30)33(21)2/h5-7,10-15,21-22,35H,8-9,16-17H2,1-4H3. The lowest BCUT2D eigenvalue weighted by molar-refractivity contribution is -0.0515. The number of nitrogens with zero attached hydrogens (tertiary/aromatic N) is 3. The molecule has 4 aromatic rings. The van der Waals surface area contributed by atoms with E-state index in [1.165, 1.54) is 12.3 Å². The van der Waals surface area contributed by atoms with Crippen LogP contribution in [0.3, 0.4) is 0 Å². The highest BCUT2D eigenvalue weighted by Gasteiger charge is 2.47. The second-order valence-electron chi connectivity index (χ2n) is 11.1. The summed E-state index contributed by atoms with van der Waals surface area (Å²) in [5.41, 5.74) is 4.16. The van der Waals surface area contributed by atoms with Crippen LogP contribution < -0.4 is 0 Å². The van der Waals surface area contributed by atoms with Gasteiger partial charge in [0.1, 0.15) is 5.82 Å². The molecule has 2 aliphatic heterocycles. The molecule has 2 aliphatic rings. The molecule has 198 valence electrons. The van der Waals surface area contributed by atoms with Crippen LogP contribution in [0.4, 0.5) is 4.39 Å². The molecule has 0 spiro atoms. The Bertz CT molecular complexity index is 1660. The van der Waals surface area contributed by atoms with E-state index in [2.05, 4.69) is 11.9 Å². The van der Waals surface area contributed by atoms with Gasteiger partial charge in [0.2, 0.25) is 0 Å². The van der Waals surface area contributed by atoms with E-state index in [1.54, 1.807) is 18.2 Å². The van der Waals surface area contributed by atoms with Crippen molar-refractivity contribution in [2.75, 3.05) is 13.3 Å². The van der Waals surface area contributed by atoms with Gasteiger partial charge in [0, 0.05) is 53.3 Å². The van der Waals surface area contributed by atoms with Gasteiger partial charge in [0.05, 0.1) is 21.7 Å². The molecule has 38 heavy (non-hydrogen) atoms. The quantitative estimate of drug-likeness (QED) is 0.390. The monoisotopic (exact) mass is 533 g/mol. The zero-order valence-corrected chi connectivity index (χ0v) is 22.9. The van der Waals surface area contributed by atoms with Crippen LogP contribution in [0.1, 0.15) is 36.9 Å². The molecule has 6 nitrogen and oxygen atoms in total. The number of pyridine rings is 1. The van der Waals surface area contributed by atoms with Crippen LogP contribution in [0.15, 0.2) is 59.5 Å². The third-order valence-corrected chi connectivity index (χ3v) is 9.84. The number of halogens is 1. The molecular formula is C30H32FN3O3S. The van der Waals surface area contributed by atoms with Gasteiger partial charge in [-0.2, -0.15) is 0 Å².